The SMILES string of the molecule is CCSc1ccc(CC(=O)Nc2cc(F)c(C(C)(C)C=O)c(F)c2)nc1. The third-order valence-corrected chi connectivity index (χ3v) is 4.58. The Labute approximate surface area is 155 Å². The summed E-state index contributed by atoms with van der Waals surface area (Å²) in [4.78, 5) is 28.4. The third kappa shape index (κ3) is 4.88. The minimum atomic E-state index is -1.29. The van der Waals surface area contributed by atoms with E-state index in [1.165, 1.54) is 13.8 Å². The number of carbonyl (C=O) groups excluding carboxylic acids is 2. The lowest BCUT2D eigenvalue weighted by atomic mass is 9.85. The molecule has 2 rings (SSSR count). The Hall–Kier alpha value is -2.28. The molecule has 0 aliphatic rings. The summed E-state index contributed by atoms with van der Waals surface area (Å²) >= 11 is 1.64. The van der Waals surface area contributed by atoms with Crippen molar-refractivity contribution < 1.29 is 18.4 Å². The number of nitrogens with one attached hydrogen (secondary N) is 1. The smallest absolute Gasteiger partial charge is 0.230 e. The predicted molar refractivity (Wildman–Crippen MR) is 98.4 cm³/mol. The minimum absolute atomic E-state index is 0.00592. The highest BCUT2D eigenvalue weighted by atomic mass is 32.2. The molecule has 0 saturated carbocycles. The molecule has 0 saturated heterocycles. The molecule has 1 N–H and O–H groups in total. The van der Waals surface area contributed by atoms with Crippen LogP contribution in [0.3, 0.4) is 0 Å². The van der Waals surface area contributed by atoms with Gasteiger partial charge in [0, 0.05) is 28.0 Å². The zero-order valence-electron chi connectivity index (χ0n) is 14.8. The van der Waals surface area contributed by atoms with Crippen LogP contribution in [0.4, 0.5) is 14.5 Å². The summed E-state index contributed by atoms with van der Waals surface area (Å²) in [7, 11) is 0. The van der Waals surface area contributed by atoms with Gasteiger partial charge in [0.15, 0.2) is 0 Å². The molecule has 0 aliphatic heterocycles. The van der Waals surface area contributed by atoms with Gasteiger partial charge in [-0.2, -0.15) is 0 Å². The molecule has 7 heteroatoms. The Kier molecular flexibility index (Phi) is 6.47. The van der Waals surface area contributed by atoms with E-state index in [0.717, 1.165) is 22.8 Å². The van der Waals surface area contributed by atoms with Crippen LogP contribution in [0.25, 0.3) is 0 Å². The number of hydrogen-bond acceptors (Lipinski definition) is 4. The van der Waals surface area contributed by atoms with Crippen molar-refractivity contribution in [2.75, 3.05) is 11.1 Å². The van der Waals surface area contributed by atoms with Crippen molar-refractivity contribution in [3.8, 4) is 0 Å². The van der Waals surface area contributed by atoms with Gasteiger partial charge in [-0.05, 0) is 43.9 Å². The molecule has 0 bridgehead atoms. The number of aldehydes is 1. The lowest BCUT2D eigenvalue weighted by Gasteiger charge is -2.19. The van der Waals surface area contributed by atoms with Gasteiger partial charge < -0.3 is 10.1 Å². The van der Waals surface area contributed by atoms with Gasteiger partial charge >= 0.3 is 0 Å². The summed E-state index contributed by atoms with van der Waals surface area (Å²) in [6, 6.07) is 5.64. The third-order valence-electron chi connectivity index (χ3n) is 3.72. The van der Waals surface area contributed by atoms with Gasteiger partial charge in [-0.15, -0.1) is 11.8 Å². The van der Waals surface area contributed by atoms with Gasteiger partial charge in [-0.25, -0.2) is 8.78 Å². The first-order valence-electron chi connectivity index (χ1n) is 8.10. The number of benzene rings is 1. The summed E-state index contributed by atoms with van der Waals surface area (Å²) in [5.74, 6) is -1.27. The fourth-order valence-electron chi connectivity index (χ4n) is 2.46. The molecule has 0 unspecified atom stereocenters. The highest BCUT2D eigenvalue weighted by Gasteiger charge is 2.28. The quantitative estimate of drug-likeness (QED) is 0.581. The van der Waals surface area contributed by atoms with Gasteiger partial charge in [0.05, 0.1) is 11.8 Å². The van der Waals surface area contributed by atoms with Gasteiger partial charge in [0.1, 0.15) is 17.9 Å². The van der Waals surface area contributed by atoms with Crippen molar-refractivity contribution in [3.05, 3.63) is 53.4 Å². The Morgan fingerprint density at radius 1 is 1.27 bits per heavy atom. The molecular weight excluding hydrogens is 358 g/mol. The van der Waals surface area contributed by atoms with Crippen molar-refractivity contribution in [1.82, 2.24) is 4.98 Å². The van der Waals surface area contributed by atoms with Crippen LogP contribution < -0.4 is 5.32 Å². The van der Waals surface area contributed by atoms with Crippen molar-refractivity contribution in [1.29, 1.82) is 0 Å². The Bertz CT molecular complexity index is 785. The topological polar surface area (TPSA) is 59.1 Å². The maximum atomic E-state index is 14.2. The minimum Gasteiger partial charge on any atom is -0.326 e. The number of halogens is 2. The monoisotopic (exact) mass is 378 g/mol. The summed E-state index contributed by atoms with van der Waals surface area (Å²) < 4.78 is 28.4. The molecule has 0 fully saturated rings. The van der Waals surface area contributed by atoms with E-state index in [0.29, 0.717) is 12.0 Å². The number of amides is 1. The molecule has 2 aromatic rings. The van der Waals surface area contributed by atoms with E-state index in [1.807, 2.05) is 13.0 Å². The standard InChI is InChI=1S/C19H20F2N2O2S/c1-4-26-14-6-5-12(22-10-14)9-17(25)23-13-7-15(20)18(16(21)8-13)19(2,3)11-24/h5-8,10-11H,4,9H2,1-3H3,(H,23,25). The maximum absolute atomic E-state index is 14.2. The first-order valence-corrected chi connectivity index (χ1v) is 9.08. The molecule has 138 valence electrons. The number of thioether (sulfide) groups is 1. The summed E-state index contributed by atoms with van der Waals surface area (Å²) in [6.45, 7) is 4.88. The van der Waals surface area contributed by atoms with Crippen LogP contribution in [0, 0.1) is 11.6 Å². The van der Waals surface area contributed by atoms with Gasteiger partial charge in [-0.3, -0.25) is 9.78 Å². The van der Waals surface area contributed by atoms with E-state index in [1.54, 1.807) is 24.0 Å². The number of rotatable bonds is 7. The fraction of sp³-hybridized carbons (Fsp3) is 0.316. The average Bonchev–Trinajstić information content (AvgIpc) is 2.56. The van der Waals surface area contributed by atoms with E-state index in [2.05, 4.69) is 10.3 Å². The van der Waals surface area contributed by atoms with Crippen LogP contribution in [0.5, 0.6) is 0 Å². The van der Waals surface area contributed by atoms with Crippen LogP contribution in [0.1, 0.15) is 32.0 Å². The van der Waals surface area contributed by atoms with Crippen LogP contribution in [0.15, 0.2) is 35.4 Å². The second kappa shape index (κ2) is 8.40. The normalized spacial score (nSPS) is 11.3. The molecule has 1 aromatic heterocycles. The number of carbonyl (C=O) groups is 2. The zero-order chi connectivity index (χ0) is 19.3. The van der Waals surface area contributed by atoms with E-state index >= 15 is 0 Å². The van der Waals surface area contributed by atoms with Crippen molar-refractivity contribution in [2.45, 2.75) is 37.5 Å². The van der Waals surface area contributed by atoms with Gasteiger partial charge in [-0.1, -0.05) is 6.92 Å². The fourth-order valence-corrected chi connectivity index (χ4v) is 3.08. The van der Waals surface area contributed by atoms with E-state index < -0.39 is 23.0 Å². The number of aromatic nitrogens is 1. The molecule has 1 aromatic carbocycles. The highest BCUT2D eigenvalue weighted by molar-refractivity contribution is 7.99. The maximum Gasteiger partial charge on any atom is 0.230 e. The molecular formula is C19H20F2N2O2S. The van der Waals surface area contributed by atoms with E-state index in [-0.39, 0.29) is 17.7 Å². The van der Waals surface area contributed by atoms with Crippen molar-refractivity contribution in [2.24, 2.45) is 0 Å². The molecule has 26 heavy (non-hydrogen) atoms. The second-order valence-corrected chi connectivity index (χ2v) is 7.64. The van der Waals surface area contributed by atoms with Gasteiger partial charge in [0.2, 0.25) is 5.91 Å². The number of hydrogen-bond donors (Lipinski definition) is 1. The lowest BCUT2D eigenvalue weighted by molar-refractivity contribution is -0.115. The average molecular weight is 378 g/mol. The van der Waals surface area contributed by atoms with Crippen LogP contribution in [0.2, 0.25) is 0 Å². The van der Waals surface area contributed by atoms with E-state index in [4.69, 9.17) is 0 Å². The Balaban J connectivity index is 2.10. The predicted octanol–water partition coefficient (Wildman–Crippen LogP) is 4.13. The van der Waals surface area contributed by atoms with Crippen LogP contribution in [-0.2, 0) is 21.4 Å². The molecule has 0 aliphatic carbocycles. The number of nitrogens with zero attached hydrogens (tertiary/aromatic N) is 1. The van der Waals surface area contributed by atoms with Crippen molar-refractivity contribution >= 4 is 29.6 Å². The number of anilines is 1. The molecule has 0 spiro atoms. The summed E-state index contributed by atoms with van der Waals surface area (Å²) in [6.07, 6.45) is 2.16. The molecule has 0 atom stereocenters. The largest absolute Gasteiger partial charge is 0.326 e. The first-order chi connectivity index (χ1) is 12.3. The number of pyridine rings is 1. The van der Waals surface area contributed by atoms with E-state index in [9.17, 15) is 18.4 Å². The molecule has 1 amide bonds. The Morgan fingerprint density at radius 3 is 2.42 bits per heavy atom. The lowest BCUT2D eigenvalue weighted by Crippen LogP contribution is -2.23. The zero-order valence-corrected chi connectivity index (χ0v) is 15.6. The van der Waals surface area contributed by atoms with Crippen LogP contribution in [-0.4, -0.2) is 22.9 Å². The van der Waals surface area contributed by atoms with Crippen LogP contribution >= 0.6 is 11.8 Å². The molecule has 0 radical (unpaired) electrons. The Morgan fingerprint density at radius 2 is 1.92 bits per heavy atom. The molecule has 4 nitrogen and oxygen atoms in total. The first kappa shape index (κ1) is 20.0. The van der Waals surface area contributed by atoms with Gasteiger partial charge in [0.25, 0.3) is 0 Å². The second-order valence-electron chi connectivity index (χ2n) is 6.30. The van der Waals surface area contributed by atoms with Crippen molar-refractivity contribution in [3.63, 3.8) is 0 Å². The highest BCUT2D eigenvalue weighted by Crippen LogP contribution is 2.29. The summed E-state index contributed by atoms with van der Waals surface area (Å²) in [5, 5.41) is 2.46. The summed E-state index contributed by atoms with van der Waals surface area (Å²) in [5.41, 5.74) is -1.06. The molecule has 1 heterocycles.